The van der Waals surface area contributed by atoms with Crippen molar-refractivity contribution >= 4 is 32.6 Å². The maximum atomic E-state index is 2.61. The van der Waals surface area contributed by atoms with Crippen LogP contribution in [0, 0.1) is 0 Å². The van der Waals surface area contributed by atoms with Crippen LogP contribution in [-0.4, -0.2) is 18.4 Å². The summed E-state index contributed by atoms with van der Waals surface area (Å²) in [6.07, 6.45) is 19.9. The summed E-state index contributed by atoms with van der Waals surface area (Å²) in [5.41, 5.74) is 0. The van der Waals surface area contributed by atoms with Crippen molar-refractivity contribution < 1.29 is 0 Å². The van der Waals surface area contributed by atoms with E-state index in [0.717, 1.165) is 0 Å². The molecule has 0 radical (unpaired) electrons. The molecule has 0 fully saturated rings. The number of hydrogen-bond acceptors (Lipinski definition) is 1. The third-order valence-corrected chi connectivity index (χ3v) is 25.7. The molecule has 0 N–H and O–H groups in total. The topological polar surface area (TPSA) is 0 Å². The molecular weight excluding hydrogens is 451 g/mol. The second-order valence-corrected chi connectivity index (χ2v) is 24.1. The van der Waals surface area contributed by atoms with Crippen LogP contribution in [0.5, 0.6) is 0 Å². The molecule has 0 saturated heterocycles. The van der Waals surface area contributed by atoms with Crippen molar-refractivity contribution in [3.63, 3.8) is 0 Å². The molecule has 1 aromatic heterocycles. The molecule has 1 aromatic rings. The summed E-state index contributed by atoms with van der Waals surface area (Å²) in [6, 6.07) is 5.13. The Labute approximate surface area is 179 Å². The molecule has 2 heteroatoms. The zero-order valence-electron chi connectivity index (χ0n) is 19.1. The van der Waals surface area contributed by atoms with E-state index < -0.39 is 18.4 Å². The van der Waals surface area contributed by atoms with Crippen LogP contribution in [0.15, 0.2) is 12.1 Å². The third-order valence-electron chi connectivity index (χ3n) is 6.24. The first-order valence-electron chi connectivity index (χ1n) is 12.3. The summed E-state index contributed by atoms with van der Waals surface area (Å²) < 4.78 is 6.77. The van der Waals surface area contributed by atoms with Crippen LogP contribution >= 0.6 is 11.3 Å². The minimum atomic E-state index is -2.16. The molecule has 0 aliphatic heterocycles. The molecule has 0 unspecified atom stereocenters. The Hall–Kier alpha value is 0.499. The average molecular weight is 499 g/mol. The molecule has 0 spiro atoms. The SMILES string of the molecule is CCCCCCCCCc1cc[c]([Sn]([CH2]CCC)([CH2]CCC)[CH2]CCC)s1. The number of unbranched alkanes of at least 4 members (excludes halogenated alkanes) is 9. The van der Waals surface area contributed by atoms with Gasteiger partial charge in [0.25, 0.3) is 0 Å². The second-order valence-electron chi connectivity index (χ2n) is 8.73. The number of hydrogen-bond donors (Lipinski definition) is 0. The zero-order chi connectivity index (χ0) is 19.8. The minimum absolute atomic E-state index is 1.34. The Morgan fingerprint density at radius 2 is 1.07 bits per heavy atom. The van der Waals surface area contributed by atoms with Crippen molar-refractivity contribution in [1.29, 1.82) is 0 Å². The van der Waals surface area contributed by atoms with Crippen molar-refractivity contribution in [2.75, 3.05) is 0 Å². The first-order chi connectivity index (χ1) is 13.2. The van der Waals surface area contributed by atoms with Gasteiger partial charge in [-0.3, -0.25) is 0 Å². The monoisotopic (exact) mass is 500 g/mol. The van der Waals surface area contributed by atoms with Crippen LogP contribution in [0.2, 0.25) is 13.3 Å². The molecule has 1 rings (SSSR count). The predicted molar refractivity (Wildman–Crippen MR) is 131 cm³/mol. The predicted octanol–water partition coefficient (Wildman–Crippen LogP) is 9.10. The Morgan fingerprint density at radius 3 is 1.59 bits per heavy atom. The number of aryl methyl sites for hydroxylation is 1. The molecule has 158 valence electrons. The van der Waals surface area contributed by atoms with Gasteiger partial charge in [-0.2, -0.15) is 0 Å². The van der Waals surface area contributed by atoms with Gasteiger partial charge >= 0.3 is 181 Å². The van der Waals surface area contributed by atoms with E-state index >= 15 is 0 Å². The fourth-order valence-corrected chi connectivity index (χ4v) is 24.7. The van der Waals surface area contributed by atoms with Crippen LogP contribution in [0.25, 0.3) is 0 Å². The van der Waals surface area contributed by atoms with Crippen molar-refractivity contribution in [2.45, 2.75) is 131 Å². The molecule has 0 saturated carbocycles. The molecule has 0 bridgehead atoms. The summed E-state index contributed by atoms with van der Waals surface area (Å²) in [5.74, 6) is 0. The molecular formula is C25H48SSn. The van der Waals surface area contributed by atoms with E-state index in [-0.39, 0.29) is 0 Å². The number of rotatable bonds is 18. The summed E-state index contributed by atoms with van der Waals surface area (Å²) in [5, 5.41) is 0. The van der Waals surface area contributed by atoms with E-state index in [9.17, 15) is 0 Å². The van der Waals surface area contributed by atoms with Crippen LogP contribution in [0.1, 0.15) is 116 Å². The van der Waals surface area contributed by atoms with Crippen molar-refractivity contribution in [3.05, 3.63) is 17.0 Å². The van der Waals surface area contributed by atoms with Gasteiger partial charge in [-0.15, -0.1) is 0 Å². The maximum absolute atomic E-state index is 2.61. The van der Waals surface area contributed by atoms with Crippen LogP contribution in [0.4, 0.5) is 0 Å². The number of thiophene rings is 1. The van der Waals surface area contributed by atoms with E-state index in [1.54, 1.807) is 18.2 Å². The second kappa shape index (κ2) is 16.3. The average Bonchev–Trinajstić information content (AvgIpc) is 3.16. The molecule has 0 atom stereocenters. The van der Waals surface area contributed by atoms with E-state index in [0.29, 0.717) is 0 Å². The fraction of sp³-hybridized carbons (Fsp3) is 0.840. The first kappa shape index (κ1) is 25.5. The van der Waals surface area contributed by atoms with Gasteiger partial charge in [0, 0.05) is 0 Å². The molecule has 27 heavy (non-hydrogen) atoms. The normalized spacial score (nSPS) is 12.0. The van der Waals surface area contributed by atoms with Crippen molar-refractivity contribution in [3.8, 4) is 0 Å². The van der Waals surface area contributed by atoms with Gasteiger partial charge in [0.15, 0.2) is 0 Å². The van der Waals surface area contributed by atoms with Gasteiger partial charge in [-0.25, -0.2) is 0 Å². The van der Waals surface area contributed by atoms with Gasteiger partial charge < -0.3 is 0 Å². The third kappa shape index (κ3) is 10.2. The van der Waals surface area contributed by atoms with Crippen molar-refractivity contribution in [1.82, 2.24) is 0 Å². The van der Waals surface area contributed by atoms with E-state index in [4.69, 9.17) is 0 Å². The van der Waals surface area contributed by atoms with E-state index in [1.165, 1.54) is 89.9 Å². The molecule has 0 aliphatic carbocycles. The Bertz CT molecular complexity index is 429. The van der Waals surface area contributed by atoms with E-state index in [2.05, 4.69) is 51.2 Å². The molecule has 0 aromatic carbocycles. The first-order valence-corrected chi connectivity index (χ1v) is 20.6. The van der Waals surface area contributed by atoms with Gasteiger partial charge in [0.05, 0.1) is 0 Å². The van der Waals surface area contributed by atoms with Gasteiger partial charge in [-0.05, 0) is 0 Å². The fourth-order valence-electron chi connectivity index (χ4n) is 4.34. The molecule has 0 nitrogen and oxygen atoms in total. The van der Waals surface area contributed by atoms with Gasteiger partial charge in [0.1, 0.15) is 0 Å². The van der Waals surface area contributed by atoms with Gasteiger partial charge in [-0.1, -0.05) is 0 Å². The summed E-state index contributed by atoms with van der Waals surface area (Å²) in [7, 11) is 0. The summed E-state index contributed by atoms with van der Waals surface area (Å²) in [6.45, 7) is 9.46. The molecule has 0 aliphatic rings. The Balaban J connectivity index is 2.64. The Kier molecular flexibility index (Phi) is 15.4. The van der Waals surface area contributed by atoms with Crippen molar-refractivity contribution in [2.24, 2.45) is 0 Å². The summed E-state index contributed by atoms with van der Waals surface area (Å²) >= 11 is 0.1000. The Morgan fingerprint density at radius 1 is 0.593 bits per heavy atom. The standard InChI is InChI=1S/C13H21S.3C4H9.Sn/c1-2-3-4-5-6-7-8-10-13-11-9-12-14-13;3*1-3-4-2;/h9,11H,2-8,10H2,1H3;3*1,3-4H2,2H3;. The van der Waals surface area contributed by atoms with Crippen LogP contribution in [-0.2, 0) is 6.42 Å². The van der Waals surface area contributed by atoms with E-state index in [1.807, 2.05) is 2.89 Å². The molecule has 0 amide bonds. The molecule has 1 heterocycles. The van der Waals surface area contributed by atoms with Crippen LogP contribution in [0.3, 0.4) is 0 Å². The zero-order valence-corrected chi connectivity index (χ0v) is 22.8. The quantitative estimate of drug-likeness (QED) is 0.140. The van der Waals surface area contributed by atoms with Gasteiger partial charge in [0.2, 0.25) is 0 Å². The van der Waals surface area contributed by atoms with Crippen LogP contribution < -0.4 is 2.89 Å². The summed E-state index contributed by atoms with van der Waals surface area (Å²) in [4.78, 5) is 1.70.